The summed E-state index contributed by atoms with van der Waals surface area (Å²) in [7, 11) is -2.59. The van der Waals surface area contributed by atoms with Gasteiger partial charge in [-0.3, -0.25) is 18.6 Å². The number of benzene rings is 1. The Kier molecular flexibility index (Phi) is 5.84. The fourth-order valence-electron chi connectivity index (χ4n) is 5.32. The maximum Gasteiger partial charge on any atom is 0.387 e. The third kappa shape index (κ3) is 4.40. The SMILES string of the molecule is CC1(NC(=O)C2CCc3c(-c4cc(OC(F)F)ccc4F)nn(C4CCC4)c3C2)CS(O)(O)C1. The fourth-order valence-corrected chi connectivity index (χ4v) is 7.42. The second-order valence-corrected chi connectivity index (χ2v) is 12.1. The van der Waals surface area contributed by atoms with Gasteiger partial charge in [-0.1, -0.05) is 0 Å². The van der Waals surface area contributed by atoms with E-state index in [1.807, 2.05) is 11.6 Å². The van der Waals surface area contributed by atoms with E-state index >= 15 is 0 Å². The van der Waals surface area contributed by atoms with E-state index in [2.05, 4.69) is 10.1 Å². The summed E-state index contributed by atoms with van der Waals surface area (Å²) in [6.07, 6.45) is 4.42. The number of hydrogen-bond acceptors (Lipinski definition) is 5. The van der Waals surface area contributed by atoms with Crippen LogP contribution in [0.15, 0.2) is 18.2 Å². The molecule has 2 heterocycles. The van der Waals surface area contributed by atoms with Crippen molar-refractivity contribution in [3.05, 3.63) is 35.3 Å². The Labute approximate surface area is 197 Å². The Balaban J connectivity index is 1.43. The van der Waals surface area contributed by atoms with Gasteiger partial charge in [-0.2, -0.15) is 24.5 Å². The third-order valence-corrected chi connectivity index (χ3v) is 9.23. The van der Waals surface area contributed by atoms with Crippen LogP contribution in [-0.4, -0.2) is 48.4 Å². The van der Waals surface area contributed by atoms with Crippen LogP contribution in [0.3, 0.4) is 0 Å². The van der Waals surface area contributed by atoms with E-state index in [0.717, 1.165) is 42.7 Å². The molecule has 2 aromatic rings. The molecule has 1 aliphatic heterocycles. The standard InChI is InChI=1S/C23H28F3N3O4S/c1-23(11-34(31,32)12-23)27-21(30)13-5-7-16-19(9-13)29(14-3-2-4-14)28-20(16)17-10-15(33-22(25)26)6-8-18(17)24/h6,8,10,13-14,22,31-32H,2-5,7,9,11-12H2,1H3,(H,27,30). The second kappa shape index (κ2) is 8.46. The van der Waals surface area contributed by atoms with E-state index in [1.54, 1.807) is 0 Å². The highest BCUT2D eigenvalue weighted by Gasteiger charge is 2.46. The van der Waals surface area contributed by atoms with Gasteiger partial charge in [0.05, 0.1) is 28.8 Å². The van der Waals surface area contributed by atoms with Gasteiger partial charge in [-0.15, -0.1) is 0 Å². The quantitative estimate of drug-likeness (QED) is 0.533. The number of carbonyl (C=O) groups excluding carboxylic acids is 1. The average Bonchev–Trinajstić information content (AvgIpc) is 3.04. The van der Waals surface area contributed by atoms with Gasteiger partial charge < -0.3 is 10.1 Å². The molecule has 5 rings (SSSR count). The molecule has 1 saturated carbocycles. The summed E-state index contributed by atoms with van der Waals surface area (Å²) in [5.74, 6) is -0.836. The topological polar surface area (TPSA) is 96.6 Å². The van der Waals surface area contributed by atoms with Crippen molar-refractivity contribution < 1.29 is 31.8 Å². The highest BCUT2D eigenvalue weighted by Crippen LogP contribution is 2.54. The normalized spacial score (nSPS) is 24.0. The summed E-state index contributed by atoms with van der Waals surface area (Å²) in [5.41, 5.74) is 1.63. The van der Waals surface area contributed by atoms with Crippen molar-refractivity contribution >= 4 is 16.5 Å². The van der Waals surface area contributed by atoms with E-state index in [1.165, 1.54) is 6.07 Å². The number of amides is 1. The van der Waals surface area contributed by atoms with Crippen molar-refractivity contribution in [3.8, 4) is 17.0 Å². The van der Waals surface area contributed by atoms with Crippen molar-refractivity contribution in [2.45, 2.75) is 63.6 Å². The Morgan fingerprint density at radius 1 is 1.29 bits per heavy atom. The minimum Gasteiger partial charge on any atom is -0.435 e. The van der Waals surface area contributed by atoms with Crippen LogP contribution in [0.2, 0.25) is 0 Å². The Hall–Kier alpha value is -2.24. The molecule has 34 heavy (non-hydrogen) atoms. The van der Waals surface area contributed by atoms with Crippen molar-refractivity contribution in [2.24, 2.45) is 5.92 Å². The van der Waals surface area contributed by atoms with E-state index in [4.69, 9.17) is 5.10 Å². The molecule has 1 aromatic carbocycles. The number of nitrogens with zero attached hydrogens (tertiary/aromatic N) is 2. The monoisotopic (exact) mass is 499 g/mol. The maximum absolute atomic E-state index is 14.8. The Bertz CT molecular complexity index is 1110. The lowest BCUT2D eigenvalue weighted by Gasteiger charge is -2.54. The summed E-state index contributed by atoms with van der Waals surface area (Å²) in [6, 6.07) is 3.69. The van der Waals surface area contributed by atoms with Crippen LogP contribution in [0.1, 0.15) is 49.9 Å². The number of nitrogens with one attached hydrogen (secondary N) is 1. The maximum atomic E-state index is 14.8. The largest absolute Gasteiger partial charge is 0.435 e. The van der Waals surface area contributed by atoms with Crippen LogP contribution in [0, 0.1) is 11.7 Å². The van der Waals surface area contributed by atoms with Crippen molar-refractivity contribution in [1.82, 2.24) is 15.1 Å². The molecule has 11 heteroatoms. The zero-order valence-corrected chi connectivity index (χ0v) is 19.6. The molecule has 1 saturated heterocycles. The van der Waals surface area contributed by atoms with Gasteiger partial charge in [0.1, 0.15) is 11.6 Å². The minimum atomic E-state index is -3.01. The Morgan fingerprint density at radius 2 is 2.03 bits per heavy atom. The number of rotatable bonds is 6. The van der Waals surface area contributed by atoms with Gasteiger partial charge in [0, 0.05) is 29.2 Å². The molecule has 0 radical (unpaired) electrons. The lowest BCUT2D eigenvalue weighted by molar-refractivity contribution is -0.126. The Morgan fingerprint density at radius 3 is 2.65 bits per heavy atom. The number of hydrogen-bond donors (Lipinski definition) is 3. The molecule has 2 aliphatic carbocycles. The lowest BCUT2D eigenvalue weighted by atomic mass is 9.84. The van der Waals surface area contributed by atoms with Gasteiger partial charge in [0.25, 0.3) is 0 Å². The number of carbonyl (C=O) groups is 1. The van der Waals surface area contributed by atoms with Crippen molar-refractivity contribution in [1.29, 1.82) is 0 Å². The lowest BCUT2D eigenvalue weighted by Crippen LogP contribution is -2.62. The second-order valence-electron chi connectivity index (χ2n) is 9.90. The van der Waals surface area contributed by atoms with Gasteiger partial charge >= 0.3 is 6.61 Å². The van der Waals surface area contributed by atoms with Gasteiger partial charge in [-0.05, 0) is 57.2 Å². The smallest absolute Gasteiger partial charge is 0.387 e. The van der Waals surface area contributed by atoms with Crippen LogP contribution in [-0.2, 0) is 17.6 Å². The number of ether oxygens (including phenoxy) is 1. The molecule has 0 spiro atoms. The molecule has 7 nitrogen and oxygen atoms in total. The molecule has 186 valence electrons. The summed E-state index contributed by atoms with van der Waals surface area (Å²) >= 11 is 0. The molecule has 3 N–H and O–H groups in total. The minimum absolute atomic E-state index is 0.113. The van der Waals surface area contributed by atoms with Crippen LogP contribution in [0.4, 0.5) is 13.2 Å². The first kappa shape index (κ1) is 23.5. The van der Waals surface area contributed by atoms with Crippen LogP contribution in [0.25, 0.3) is 11.3 Å². The zero-order chi connectivity index (χ0) is 24.3. The van der Waals surface area contributed by atoms with E-state index in [9.17, 15) is 27.1 Å². The average molecular weight is 500 g/mol. The van der Waals surface area contributed by atoms with Crippen molar-refractivity contribution in [3.63, 3.8) is 0 Å². The molecule has 1 atom stereocenters. The van der Waals surface area contributed by atoms with E-state index in [0.29, 0.717) is 25.0 Å². The first-order valence-electron chi connectivity index (χ1n) is 11.4. The van der Waals surface area contributed by atoms with Crippen LogP contribution >= 0.6 is 10.6 Å². The number of aromatic nitrogens is 2. The molecular formula is C23H28F3N3O4S. The number of alkyl halides is 2. The highest BCUT2D eigenvalue weighted by atomic mass is 32.3. The van der Waals surface area contributed by atoms with Gasteiger partial charge in [0.2, 0.25) is 5.91 Å². The fraction of sp³-hybridized carbons (Fsp3) is 0.565. The number of fused-ring (bicyclic) bond motifs is 1. The molecule has 0 bridgehead atoms. The van der Waals surface area contributed by atoms with Gasteiger partial charge in [0.15, 0.2) is 0 Å². The molecule has 1 aromatic heterocycles. The molecule has 3 aliphatic rings. The summed E-state index contributed by atoms with van der Waals surface area (Å²) < 4.78 is 66.0. The predicted octanol–water partition coefficient (Wildman–Crippen LogP) is 4.76. The highest BCUT2D eigenvalue weighted by molar-refractivity contribution is 8.25. The number of halogens is 3. The van der Waals surface area contributed by atoms with Crippen LogP contribution < -0.4 is 10.1 Å². The summed E-state index contributed by atoms with van der Waals surface area (Å²) in [5, 5.41) is 7.70. The van der Waals surface area contributed by atoms with E-state index < -0.39 is 28.6 Å². The van der Waals surface area contributed by atoms with E-state index in [-0.39, 0.29) is 40.7 Å². The molecule has 2 fully saturated rings. The summed E-state index contributed by atoms with van der Waals surface area (Å²) in [4.78, 5) is 13.0. The molecular weight excluding hydrogens is 471 g/mol. The summed E-state index contributed by atoms with van der Waals surface area (Å²) in [6.45, 7) is -1.20. The molecule has 1 amide bonds. The van der Waals surface area contributed by atoms with Gasteiger partial charge in [-0.25, -0.2) is 4.39 Å². The van der Waals surface area contributed by atoms with Crippen molar-refractivity contribution in [2.75, 3.05) is 11.5 Å². The molecule has 1 unspecified atom stereocenters. The first-order valence-corrected chi connectivity index (χ1v) is 13.3. The third-order valence-electron chi connectivity index (χ3n) is 7.03. The first-order chi connectivity index (χ1) is 16.0. The predicted molar refractivity (Wildman–Crippen MR) is 122 cm³/mol. The zero-order valence-electron chi connectivity index (χ0n) is 18.8. The van der Waals surface area contributed by atoms with Crippen LogP contribution in [0.5, 0.6) is 5.75 Å².